The molecule has 0 spiro atoms. The fourth-order valence-corrected chi connectivity index (χ4v) is 4.46. The maximum Gasteiger partial charge on any atom is 0.254 e. The molecular weight excluding hydrogens is 330 g/mol. The molecule has 138 valence electrons. The molecule has 2 heterocycles. The predicted molar refractivity (Wildman–Crippen MR) is 97.4 cm³/mol. The molecule has 2 aliphatic rings. The molecule has 6 heteroatoms. The highest BCUT2D eigenvalue weighted by molar-refractivity contribution is 5.95. The molecule has 1 aromatic heterocycles. The average Bonchev–Trinajstić information content (AvgIpc) is 3.35. The van der Waals surface area contributed by atoms with Crippen molar-refractivity contribution in [2.45, 2.75) is 43.4 Å². The van der Waals surface area contributed by atoms with E-state index in [0.717, 1.165) is 37.9 Å². The van der Waals surface area contributed by atoms with Gasteiger partial charge in [-0.1, -0.05) is 0 Å². The maximum absolute atomic E-state index is 13.2. The highest BCUT2D eigenvalue weighted by Gasteiger charge is 2.52. The van der Waals surface area contributed by atoms with Crippen LogP contribution in [0.3, 0.4) is 0 Å². The van der Waals surface area contributed by atoms with Crippen LogP contribution in [0.1, 0.15) is 36.0 Å². The van der Waals surface area contributed by atoms with Crippen molar-refractivity contribution in [1.29, 1.82) is 0 Å². The molecule has 26 heavy (non-hydrogen) atoms. The molecule has 1 aliphatic heterocycles. The van der Waals surface area contributed by atoms with Gasteiger partial charge in [-0.25, -0.2) is 4.68 Å². The molecule has 1 saturated heterocycles. The maximum atomic E-state index is 13.2. The van der Waals surface area contributed by atoms with Gasteiger partial charge in [0.2, 0.25) is 0 Å². The number of fused-ring (bicyclic) bond motifs is 1. The summed E-state index contributed by atoms with van der Waals surface area (Å²) >= 11 is 0. The summed E-state index contributed by atoms with van der Waals surface area (Å²) < 4.78 is 13.3. The number of hydrogen-bond acceptors (Lipinski definition) is 4. The molecule has 0 bridgehead atoms. The second kappa shape index (κ2) is 6.85. The Kier molecular flexibility index (Phi) is 4.54. The van der Waals surface area contributed by atoms with Crippen LogP contribution < -0.4 is 0 Å². The van der Waals surface area contributed by atoms with Gasteiger partial charge in [0, 0.05) is 38.7 Å². The third kappa shape index (κ3) is 2.83. The van der Waals surface area contributed by atoms with Gasteiger partial charge in [0.25, 0.3) is 5.91 Å². The van der Waals surface area contributed by atoms with Gasteiger partial charge in [0.1, 0.15) is 0 Å². The van der Waals surface area contributed by atoms with Gasteiger partial charge >= 0.3 is 0 Å². The van der Waals surface area contributed by atoms with E-state index in [1.807, 2.05) is 41.4 Å². The Morgan fingerprint density at radius 1 is 1.23 bits per heavy atom. The van der Waals surface area contributed by atoms with Crippen molar-refractivity contribution in [3.05, 3.63) is 48.3 Å². The summed E-state index contributed by atoms with van der Waals surface area (Å²) in [6, 6.07) is 9.57. The number of nitrogens with zero attached hydrogens (tertiary/aromatic N) is 3. The summed E-state index contributed by atoms with van der Waals surface area (Å²) in [6.45, 7) is 0.731. The van der Waals surface area contributed by atoms with Gasteiger partial charge in [-0.15, -0.1) is 0 Å². The number of carbonyl (C=O) groups is 1. The fourth-order valence-electron chi connectivity index (χ4n) is 4.46. The van der Waals surface area contributed by atoms with Crippen LogP contribution in [-0.4, -0.2) is 59.1 Å². The quantitative estimate of drug-likeness (QED) is 0.846. The van der Waals surface area contributed by atoms with E-state index in [2.05, 4.69) is 5.10 Å². The number of hydrogen-bond donors (Lipinski definition) is 0. The predicted octanol–water partition coefficient (Wildman–Crippen LogP) is 2.67. The molecule has 0 N–H and O–H groups in total. The van der Waals surface area contributed by atoms with Crippen molar-refractivity contribution in [2.75, 3.05) is 20.8 Å². The molecule has 0 unspecified atom stereocenters. The number of methoxy groups -OCH3 is 2. The molecule has 2 aromatic rings. The minimum absolute atomic E-state index is 0.0673. The van der Waals surface area contributed by atoms with Gasteiger partial charge in [-0.2, -0.15) is 5.10 Å². The third-order valence-electron chi connectivity index (χ3n) is 6.02. The summed E-state index contributed by atoms with van der Waals surface area (Å²) in [4.78, 5) is 15.1. The van der Waals surface area contributed by atoms with Gasteiger partial charge < -0.3 is 14.4 Å². The summed E-state index contributed by atoms with van der Waals surface area (Å²) in [5.41, 5.74) is 1.42. The number of amides is 1. The number of likely N-dealkylation sites (tertiary alicyclic amines) is 1. The van der Waals surface area contributed by atoms with Crippen LogP contribution in [0, 0.1) is 0 Å². The fraction of sp³-hybridized carbons (Fsp3) is 0.500. The topological polar surface area (TPSA) is 56.6 Å². The molecule has 6 nitrogen and oxygen atoms in total. The van der Waals surface area contributed by atoms with Crippen LogP contribution in [0.15, 0.2) is 42.7 Å². The first-order valence-corrected chi connectivity index (χ1v) is 9.16. The Labute approximate surface area is 153 Å². The Morgan fingerprint density at radius 3 is 2.69 bits per heavy atom. The van der Waals surface area contributed by atoms with E-state index in [9.17, 15) is 4.79 Å². The summed E-state index contributed by atoms with van der Waals surface area (Å²) in [5.74, 6) is 0.0673. The lowest BCUT2D eigenvalue weighted by atomic mass is 9.79. The number of carbonyl (C=O) groups excluding carboxylic acids is 1. The van der Waals surface area contributed by atoms with E-state index in [0.29, 0.717) is 5.56 Å². The van der Waals surface area contributed by atoms with Crippen molar-refractivity contribution < 1.29 is 14.3 Å². The summed E-state index contributed by atoms with van der Waals surface area (Å²) in [6.07, 6.45) is 7.47. The van der Waals surface area contributed by atoms with Crippen LogP contribution in [0.25, 0.3) is 5.69 Å². The standard InChI is InChI=1S/C20H25N3O3/c1-25-17-8-9-20(26-2)10-13-22(18(20)14-17)19(24)15-4-6-16(7-5-15)23-12-3-11-21-23/h3-7,11-12,17-18H,8-10,13-14H2,1-2H3/t17-,18-,20+/m0/s1. The number of aromatic nitrogens is 2. The van der Waals surface area contributed by atoms with E-state index in [4.69, 9.17) is 9.47 Å². The van der Waals surface area contributed by atoms with Crippen molar-refractivity contribution >= 4 is 5.91 Å². The van der Waals surface area contributed by atoms with Crippen LogP contribution in [-0.2, 0) is 9.47 Å². The lowest BCUT2D eigenvalue weighted by molar-refractivity contribution is -0.0893. The normalized spacial score (nSPS) is 28.2. The molecule has 0 radical (unpaired) electrons. The first kappa shape index (κ1) is 17.2. The Balaban J connectivity index is 1.55. The molecule has 1 aromatic carbocycles. The van der Waals surface area contributed by atoms with Gasteiger partial charge in [0.05, 0.1) is 23.4 Å². The monoisotopic (exact) mass is 355 g/mol. The Morgan fingerprint density at radius 2 is 2.04 bits per heavy atom. The van der Waals surface area contributed by atoms with Crippen molar-refractivity contribution in [3.8, 4) is 5.69 Å². The second-order valence-electron chi connectivity index (χ2n) is 7.16. The molecule has 1 amide bonds. The van der Waals surface area contributed by atoms with Crippen LogP contribution in [0.4, 0.5) is 0 Å². The highest BCUT2D eigenvalue weighted by atomic mass is 16.5. The zero-order valence-electron chi connectivity index (χ0n) is 15.3. The van der Waals surface area contributed by atoms with Crippen LogP contribution >= 0.6 is 0 Å². The molecular formula is C20H25N3O3. The van der Waals surface area contributed by atoms with E-state index < -0.39 is 0 Å². The van der Waals surface area contributed by atoms with Crippen LogP contribution in [0.5, 0.6) is 0 Å². The summed E-state index contributed by atoms with van der Waals surface area (Å²) in [5, 5.41) is 4.22. The molecule has 3 atom stereocenters. The second-order valence-corrected chi connectivity index (χ2v) is 7.16. The van der Waals surface area contributed by atoms with Crippen molar-refractivity contribution in [2.24, 2.45) is 0 Å². The van der Waals surface area contributed by atoms with Crippen LogP contribution in [0.2, 0.25) is 0 Å². The van der Waals surface area contributed by atoms with Crippen molar-refractivity contribution in [3.63, 3.8) is 0 Å². The average molecular weight is 355 g/mol. The van der Waals surface area contributed by atoms with Gasteiger partial charge in [-0.3, -0.25) is 4.79 Å². The molecule has 4 rings (SSSR count). The molecule has 1 aliphatic carbocycles. The minimum Gasteiger partial charge on any atom is -0.381 e. The highest BCUT2D eigenvalue weighted by Crippen LogP contribution is 2.43. The Hall–Kier alpha value is -2.18. The number of ether oxygens (including phenoxy) is 2. The first-order valence-electron chi connectivity index (χ1n) is 9.16. The number of rotatable bonds is 4. The van der Waals surface area contributed by atoms with E-state index in [-0.39, 0.29) is 23.7 Å². The van der Waals surface area contributed by atoms with Crippen molar-refractivity contribution in [1.82, 2.24) is 14.7 Å². The number of benzene rings is 1. The zero-order chi connectivity index (χ0) is 18.1. The molecule has 2 fully saturated rings. The van der Waals surface area contributed by atoms with E-state index in [1.54, 1.807) is 25.1 Å². The summed E-state index contributed by atoms with van der Waals surface area (Å²) in [7, 11) is 3.52. The lowest BCUT2D eigenvalue weighted by Crippen LogP contribution is -2.53. The zero-order valence-corrected chi connectivity index (χ0v) is 15.3. The van der Waals surface area contributed by atoms with E-state index >= 15 is 0 Å². The first-order chi connectivity index (χ1) is 12.7. The Bertz CT molecular complexity index is 759. The van der Waals surface area contributed by atoms with Gasteiger partial charge in [-0.05, 0) is 56.0 Å². The molecule has 1 saturated carbocycles. The SMILES string of the molecule is CO[C@H]1CC[C@@]2(OC)CCN(C(=O)c3ccc(-n4cccn4)cc3)[C@H]2C1. The third-order valence-corrected chi connectivity index (χ3v) is 6.02. The smallest absolute Gasteiger partial charge is 0.254 e. The van der Waals surface area contributed by atoms with E-state index in [1.165, 1.54) is 0 Å². The van der Waals surface area contributed by atoms with Gasteiger partial charge in [0.15, 0.2) is 0 Å². The lowest BCUT2D eigenvalue weighted by Gasteiger charge is -2.43. The largest absolute Gasteiger partial charge is 0.381 e. The minimum atomic E-state index is -0.223.